The molecule has 0 bridgehead atoms. The van der Waals surface area contributed by atoms with Crippen LogP contribution in [0, 0.1) is 0 Å². The lowest BCUT2D eigenvalue weighted by atomic mass is 10.0. The second kappa shape index (κ2) is 9.62. The third kappa shape index (κ3) is 5.91. The molecular formula is C17H27N3O3. The van der Waals surface area contributed by atoms with Crippen LogP contribution in [-0.4, -0.2) is 36.2 Å². The molecule has 3 N–H and O–H groups in total. The lowest BCUT2D eigenvalue weighted by molar-refractivity contribution is -0.152. The number of hydrazine groups is 1. The van der Waals surface area contributed by atoms with Gasteiger partial charge in [-0.05, 0) is 24.8 Å². The van der Waals surface area contributed by atoms with Crippen LogP contribution in [0.1, 0.15) is 38.2 Å². The van der Waals surface area contributed by atoms with Gasteiger partial charge in [0, 0.05) is 12.6 Å². The molecule has 1 aromatic rings. The zero-order valence-electron chi connectivity index (χ0n) is 13.7. The van der Waals surface area contributed by atoms with Gasteiger partial charge in [0.2, 0.25) is 0 Å². The van der Waals surface area contributed by atoms with Crippen molar-refractivity contribution in [3.63, 3.8) is 0 Å². The van der Waals surface area contributed by atoms with E-state index in [1.54, 1.807) is 5.01 Å². The van der Waals surface area contributed by atoms with Crippen molar-refractivity contribution in [2.24, 2.45) is 5.84 Å². The molecule has 0 spiro atoms. The highest BCUT2D eigenvalue weighted by molar-refractivity contribution is 5.75. The Morgan fingerprint density at radius 1 is 1.35 bits per heavy atom. The first-order valence-corrected chi connectivity index (χ1v) is 8.30. The number of nitrogens with two attached hydrogens (primary N) is 1. The van der Waals surface area contributed by atoms with E-state index in [4.69, 9.17) is 15.4 Å². The Bertz CT molecular complexity index is 469. The fourth-order valence-corrected chi connectivity index (χ4v) is 2.58. The van der Waals surface area contributed by atoms with Crippen molar-refractivity contribution in [1.29, 1.82) is 0 Å². The maximum absolute atomic E-state index is 12.0. The number of piperidine rings is 1. The van der Waals surface area contributed by atoms with Gasteiger partial charge in [0.25, 0.3) is 0 Å². The summed E-state index contributed by atoms with van der Waals surface area (Å²) in [5, 5.41) is 1.56. The zero-order chi connectivity index (χ0) is 16.5. The smallest absolute Gasteiger partial charge is 0.324 e. The molecule has 1 fully saturated rings. The molecule has 0 amide bonds. The van der Waals surface area contributed by atoms with Gasteiger partial charge in [0.15, 0.2) is 0 Å². The summed E-state index contributed by atoms with van der Waals surface area (Å²) in [5.41, 5.74) is 4.15. The monoisotopic (exact) mass is 321 g/mol. The van der Waals surface area contributed by atoms with Crippen LogP contribution in [0.15, 0.2) is 30.3 Å². The predicted molar refractivity (Wildman–Crippen MR) is 87.9 cm³/mol. The van der Waals surface area contributed by atoms with E-state index < -0.39 is 0 Å². The van der Waals surface area contributed by atoms with Crippen LogP contribution >= 0.6 is 0 Å². The van der Waals surface area contributed by atoms with Crippen LogP contribution in [0.3, 0.4) is 0 Å². The molecule has 1 aliphatic rings. The van der Waals surface area contributed by atoms with E-state index in [0.717, 1.165) is 24.8 Å². The molecule has 6 nitrogen and oxygen atoms in total. The van der Waals surface area contributed by atoms with Crippen LogP contribution in [0.4, 0.5) is 0 Å². The molecule has 0 saturated carbocycles. The molecule has 0 aromatic heterocycles. The number of rotatable bonds is 8. The number of unbranched alkanes of at least 4 members (excludes halogenated alkanes) is 1. The summed E-state index contributed by atoms with van der Waals surface area (Å²) in [6.45, 7) is 3.60. The van der Waals surface area contributed by atoms with Crippen molar-refractivity contribution < 1.29 is 14.4 Å². The second-order valence-corrected chi connectivity index (χ2v) is 5.90. The number of nitrogens with zero attached hydrogens (tertiary/aromatic N) is 1. The van der Waals surface area contributed by atoms with Crippen molar-refractivity contribution in [2.45, 2.75) is 51.3 Å². The van der Waals surface area contributed by atoms with Gasteiger partial charge in [-0.25, -0.2) is 5.01 Å². The van der Waals surface area contributed by atoms with Gasteiger partial charge < -0.3 is 4.74 Å². The molecule has 0 radical (unpaired) electrons. The highest BCUT2D eigenvalue weighted by atomic mass is 16.6. The van der Waals surface area contributed by atoms with E-state index in [1.807, 2.05) is 30.3 Å². The van der Waals surface area contributed by atoms with E-state index in [9.17, 15) is 4.79 Å². The summed E-state index contributed by atoms with van der Waals surface area (Å²) in [6, 6.07) is 9.73. The first-order chi connectivity index (χ1) is 11.2. The number of nitrogens with one attached hydrogen (secondary N) is 1. The first kappa shape index (κ1) is 17.9. The largest absolute Gasteiger partial charge is 0.464 e. The number of carbonyl (C=O) groups excluding carboxylic acids is 1. The summed E-state index contributed by atoms with van der Waals surface area (Å²) in [4.78, 5) is 17.5. The second-order valence-electron chi connectivity index (χ2n) is 5.90. The van der Waals surface area contributed by atoms with Crippen molar-refractivity contribution in [1.82, 2.24) is 10.5 Å². The van der Waals surface area contributed by atoms with Gasteiger partial charge in [-0.15, -0.1) is 0 Å². The number of hydrogen-bond donors (Lipinski definition) is 2. The van der Waals surface area contributed by atoms with Crippen LogP contribution < -0.4 is 11.3 Å². The summed E-state index contributed by atoms with van der Waals surface area (Å²) in [7, 11) is 0. The number of esters is 1. The van der Waals surface area contributed by atoms with Crippen molar-refractivity contribution >= 4 is 5.97 Å². The molecule has 23 heavy (non-hydrogen) atoms. The molecular weight excluding hydrogens is 294 g/mol. The SMILES string of the molecule is CCCCOC(=O)[C@@H]1CC[C@@H](NOCc2ccccc2)CN1N. The molecule has 2 atom stereocenters. The minimum absolute atomic E-state index is 0.114. The topological polar surface area (TPSA) is 76.8 Å². The minimum atomic E-state index is -0.348. The fourth-order valence-electron chi connectivity index (χ4n) is 2.58. The molecule has 6 heteroatoms. The fraction of sp³-hybridized carbons (Fsp3) is 0.588. The van der Waals surface area contributed by atoms with Crippen LogP contribution in [0.5, 0.6) is 0 Å². The Morgan fingerprint density at radius 2 is 2.13 bits per heavy atom. The van der Waals surface area contributed by atoms with Gasteiger partial charge >= 0.3 is 5.97 Å². The molecule has 2 rings (SSSR count). The van der Waals surface area contributed by atoms with Crippen molar-refractivity contribution in [3.8, 4) is 0 Å². The Balaban J connectivity index is 1.68. The normalized spacial score (nSPS) is 22.0. The van der Waals surface area contributed by atoms with Crippen LogP contribution in [0.25, 0.3) is 0 Å². The third-order valence-electron chi connectivity index (χ3n) is 3.97. The number of ether oxygens (including phenoxy) is 1. The summed E-state index contributed by atoms with van der Waals surface area (Å²) in [6.07, 6.45) is 3.40. The Labute approximate surface area is 137 Å². The molecule has 0 unspecified atom stereocenters. The quantitative estimate of drug-likeness (QED) is 0.329. The lowest BCUT2D eigenvalue weighted by Gasteiger charge is -2.35. The van der Waals surface area contributed by atoms with Gasteiger partial charge in [0.05, 0.1) is 13.2 Å². The maximum Gasteiger partial charge on any atom is 0.324 e. The Kier molecular flexibility index (Phi) is 7.48. The minimum Gasteiger partial charge on any atom is -0.464 e. The van der Waals surface area contributed by atoms with Gasteiger partial charge in [0.1, 0.15) is 6.04 Å². The van der Waals surface area contributed by atoms with E-state index in [-0.39, 0.29) is 18.1 Å². The summed E-state index contributed by atoms with van der Waals surface area (Å²) < 4.78 is 5.25. The van der Waals surface area contributed by atoms with Crippen LogP contribution in [0.2, 0.25) is 0 Å². The van der Waals surface area contributed by atoms with Gasteiger partial charge in [-0.3, -0.25) is 15.5 Å². The standard InChI is InChI=1S/C17H27N3O3/c1-2-3-11-22-17(21)16-10-9-15(12-20(16)18)19-23-13-14-7-5-4-6-8-14/h4-8,15-16,19H,2-3,9-13,18H2,1H3/t15-,16+/m1/s1. The number of hydrogen-bond acceptors (Lipinski definition) is 6. The highest BCUT2D eigenvalue weighted by Crippen LogP contribution is 2.16. The maximum atomic E-state index is 12.0. The Morgan fingerprint density at radius 3 is 2.83 bits per heavy atom. The average Bonchev–Trinajstić information content (AvgIpc) is 2.56. The molecule has 1 heterocycles. The first-order valence-electron chi connectivity index (χ1n) is 8.30. The Hall–Kier alpha value is -1.47. The lowest BCUT2D eigenvalue weighted by Crippen LogP contribution is -2.56. The van der Waals surface area contributed by atoms with E-state index in [0.29, 0.717) is 26.2 Å². The van der Waals surface area contributed by atoms with E-state index in [2.05, 4.69) is 12.4 Å². The third-order valence-corrected chi connectivity index (χ3v) is 3.97. The van der Waals surface area contributed by atoms with E-state index >= 15 is 0 Å². The molecule has 1 aromatic carbocycles. The number of benzene rings is 1. The summed E-state index contributed by atoms with van der Waals surface area (Å²) >= 11 is 0. The molecule has 1 aliphatic heterocycles. The number of hydroxylamine groups is 1. The van der Waals surface area contributed by atoms with Crippen molar-refractivity contribution in [3.05, 3.63) is 35.9 Å². The van der Waals surface area contributed by atoms with E-state index in [1.165, 1.54) is 0 Å². The molecule has 1 saturated heterocycles. The molecule has 128 valence electrons. The van der Waals surface area contributed by atoms with Crippen LogP contribution in [-0.2, 0) is 21.0 Å². The number of carbonyl (C=O) groups is 1. The molecule has 0 aliphatic carbocycles. The predicted octanol–water partition coefficient (Wildman–Crippen LogP) is 1.76. The summed E-state index contributed by atoms with van der Waals surface area (Å²) in [5.74, 6) is 5.78. The highest BCUT2D eigenvalue weighted by Gasteiger charge is 2.32. The zero-order valence-corrected chi connectivity index (χ0v) is 13.7. The van der Waals surface area contributed by atoms with Gasteiger partial charge in [-0.2, -0.15) is 5.48 Å². The average molecular weight is 321 g/mol. The van der Waals surface area contributed by atoms with Crippen molar-refractivity contribution in [2.75, 3.05) is 13.2 Å². The van der Waals surface area contributed by atoms with Gasteiger partial charge in [-0.1, -0.05) is 43.7 Å².